The van der Waals surface area contributed by atoms with Gasteiger partial charge in [-0.2, -0.15) is 0 Å². The zero-order valence-electron chi connectivity index (χ0n) is 13.7. The first kappa shape index (κ1) is 15.5. The quantitative estimate of drug-likeness (QED) is 0.450. The van der Waals surface area contributed by atoms with Crippen LogP contribution in [0.1, 0.15) is 24.0 Å². The van der Waals surface area contributed by atoms with Gasteiger partial charge in [0.15, 0.2) is 0 Å². The molecule has 1 aliphatic heterocycles. The highest BCUT2D eigenvalue weighted by atomic mass is 32.2. The van der Waals surface area contributed by atoms with E-state index in [1.807, 2.05) is 17.7 Å². The SMILES string of the molecule is C1=CSCN=C1.c1ccc2c(c1)ccc1c3c(ccc12)CCCC3. The number of hydrogen-bond acceptors (Lipinski definition) is 2. The lowest BCUT2D eigenvalue weighted by molar-refractivity contribution is 0.690. The Labute approximate surface area is 147 Å². The number of benzene rings is 3. The van der Waals surface area contributed by atoms with E-state index in [0.717, 1.165) is 5.88 Å². The average molecular weight is 331 g/mol. The molecule has 2 heteroatoms. The van der Waals surface area contributed by atoms with Gasteiger partial charge < -0.3 is 0 Å². The molecular weight excluding hydrogens is 310 g/mol. The maximum absolute atomic E-state index is 3.93. The van der Waals surface area contributed by atoms with E-state index in [1.54, 1.807) is 22.9 Å². The van der Waals surface area contributed by atoms with Gasteiger partial charge >= 0.3 is 0 Å². The Kier molecular flexibility index (Phi) is 4.66. The first-order valence-electron chi connectivity index (χ1n) is 8.62. The fourth-order valence-corrected chi connectivity index (χ4v) is 4.06. The molecule has 120 valence electrons. The van der Waals surface area contributed by atoms with Crippen LogP contribution >= 0.6 is 11.8 Å². The Hall–Kier alpha value is -2.06. The zero-order chi connectivity index (χ0) is 16.2. The highest BCUT2D eigenvalue weighted by molar-refractivity contribution is 8.02. The first-order chi connectivity index (χ1) is 11.9. The fourth-order valence-electron chi connectivity index (χ4n) is 3.62. The highest BCUT2D eigenvalue weighted by Gasteiger charge is 2.13. The summed E-state index contributed by atoms with van der Waals surface area (Å²) >= 11 is 1.72. The Morgan fingerprint density at radius 2 is 1.67 bits per heavy atom. The van der Waals surface area contributed by atoms with Crippen molar-refractivity contribution in [1.29, 1.82) is 0 Å². The van der Waals surface area contributed by atoms with Gasteiger partial charge in [-0.3, -0.25) is 4.99 Å². The molecule has 0 N–H and O–H groups in total. The molecule has 0 saturated carbocycles. The molecule has 2 aliphatic rings. The zero-order valence-corrected chi connectivity index (χ0v) is 14.6. The summed E-state index contributed by atoms with van der Waals surface area (Å²) in [6, 6.07) is 18.0. The number of hydrogen-bond donors (Lipinski definition) is 0. The van der Waals surface area contributed by atoms with E-state index < -0.39 is 0 Å². The number of nitrogens with zero attached hydrogens (tertiary/aromatic N) is 1. The molecular formula is C22H21NS. The molecule has 3 aromatic rings. The van der Waals surface area contributed by atoms with Crippen molar-refractivity contribution in [2.45, 2.75) is 25.7 Å². The van der Waals surface area contributed by atoms with Crippen molar-refractivity contribution in [3.8, 4) is 0 Å². The predicted molar refractivity (Wildman–Crippen MR) is 108 cm³/mol. The van der Waals surface area contributed by atoms with Crippen molar-refractivity contribution < 1.29 is 0 Å². The van der Waals surface area contributed by atoms with Crippen LogP contribution in [-0.4, -0.2) is 12.1 Å². The van der Waals surface area contributed by atoms with E-state index >= 15 is 0 Å². The van der Waals surface area contributed by atoms with Crippen molar-refractivity contribution in [3.05, 3.63) is 71.1 Å². The monoisotopic (exact) mass is 331 g/mol. The van der Waals surface area contributed by atoms with Crippen LogP contribution < -0.4 is 0 Å². The van der Waals surface area contributed by atoms with Gasteiger partial charge in [0.1, 0.15) is 0 Å². The van der Waals surface area contributed by atoms with Crippen molar-refractivity contribution in [2.24, 2.45) is 4.99 Å². The number of aryl methyl sites for hydroxylation is 2. The third kappa shape index (κ3) is 3.11. The van der Waals surface area contributed by atoms with E-state index in [2.05, 4.69) is 53.5 Å². The smallest absolute Gasteiger partial charge is 0.0884 e. The Morgan fingerprint density at radius 1 is 0.792 bits per heavy atom. The lowest BCUT2D eigenvalue weighted by Gasteiger charge is -2.18. The molecule has 1 aliphatic carbocycles. The normalized spacial score (nSPS) is 15.8. The van der Waals surface area contributed by atoms with Gasteiger partial charge in [-0.15, -0.1) is 11.8 Å². The Morgan fingerprint density at radius 3 is 2.46 bits per heavy atom. The van der Waals surface area contributed by atoms with E-state index in [4.69, 9.17) is 0 Å². The summed E-state index contributed by atoms with van der Waals surface area (Å²) in [6.07, 6.45) is 8.97. The molecule has 0 unspecified atom stereocenters. The lowest BCUT2D eigenvalue weighted by Crippen LogP contribution is -2.02. The average Bonchev–Trinajstić information content (AvgIpc) is 2.69. The number of rotatable bonds is 0. The van der Waals surface area contributed by atoms with Crippen molar-refractivity contribution in [1.82, 2.24) is 0 Å². The van der Waals surface area contributed by atoms with Crippen molar-refractivity contribution in [2.75, 3.05) is 5.88 Å². The third-order valence-electron chi connectivity index (χ3n) is 4.77. The molecule has 0 fully saturated rings. The number of fused-ring (bicyclic) bond motifs is 5. The van der Waals surface area contributed by atoms with E-state index in [0.29, 0.717) is 0 Å². The van der Waals surface area contributed by atoms with Gasteiger partial charge in [-0.25, -0.2) is 0 Å². The molecule has 0 spiro atoms. The van der Waals surface area contributed by atoms with Crippen LogP contribution in [0.5, 0.6) is 0 Å². The molecule has 0 saturated heterocycles. The van der Waals surface area contributed by atoms with Crippen molar-refractivity contribution >= 4 is 39.5 Å². The molecule has 0 amide bonds. The van der Waals surface area contributed by atoms with E-state index in [-0.39, 0.29) is 0 Å². The summed E-state index contributed by atoms with van der Waals surface area (Å²) in [4.78, 5) is 3.93. The number of allylic oxidation sites excluding steroid dienone is 1. The minimum absolute atomic E-state index is 0.899. The van der Waals surface area contributed by atoms with Crippen molar-refractivity contribution in [3.63, 3.8) is 0 Å². The summed E-state index contributed by atoms with van der Waals surface area (Å²) in [5.41, 5.74) is 3.17. The van der Waals surface area contributed by atoms with Crippen LogP contribution in [0.3, 0.4) is 0 Å². The van der Waals surface area contributed by atoms with Gasteiger partial charge in [0, 0.05) is 6.21 Å². The first-order valence-corrected chi connectivity index (χ1v) is 9.67. The molecule has 3 aromatic carbocycles. The van der Waals surface area contributed by atoms with Crippen LogP contribution in [0.4, 0.5) is 0 Å². The van der Waals surface area contributed by atoms with Gasteiger partial charge in [-0.1, -0.05) is 48.5 Å². The summed E-state index contributed by atoms with van der Waals surface area (Å²) in [5.74, 6) is 0.899. The summed E-state index contributed by atoms with van der Waals surface area (Å²) in [7, 11) is 0. The molecule has 0 aromatic heterocycles. The van der Waals surface area contributed by atoms with E-state index in [1.165, 1.54) is 47.2 Å². The second kappa shape index (κ2) is 7.23. The maximum atomic E-state index is 3.93. The van der Waals surface area contributed by atoms with Crippen LogP contribution in [-0.2, 0) is 12.8 Å². The molecule has 24 heavy (non-hydrogen) atoms. The van der Waals surface area contributed by atoms with Crippen LogP contribution in [0, 0.1) is 0 Å². The van der Waals surface area contributed by atoms with Gasteiger partial charge in [-0.05, 0) is 69.8 Å². The summed E-state index contributed by atoms with van der Waals surface area (Å²) in [5, 5.41) is 7.68. The number of thioether (sulfide) groups is 1. The Balaban J connectivity index is 0.000000207. The highest BCUT2D eigenvalue weighted by Crippen LogP contribution is 2.33. The fraction of sp³-hybridized carbons (Fsp3) is 0.227. The molecule has 1 nitrogen and oxygen atoms in total. The predicted octanol–water partition coefficient (Wildman–Crippen LogP) is 6.15. The molecule has 0 bridgehead atoms. The molecule has 0 radical (unpaired) electrons. The largest absolute Gasteiger partial charge is 0.282 e. The van der Waals surface area contributed by atoms with Gasteiger partial charge in [0.2, 0.25) is 0 Å². The summed E-state index contributed by atoms with van der Waals surface area (Å²) < 4.78 is 0. The van der Waals surface area contributed by atoms with Crippen LogP contribution in [0.15, 0.2) is 65.0 Å². The van der Waals surface area contributed by atoms with Crippen LogP contribution in [0.2, 0.25) is 0 Å². The van der Waals surface area contributed by atoms with Crippen LogP contribution in [0.25, 0.3) is 21.5 Å². The lowest BCUT2D eigenvalue weighted by atomic mass is 9.86. The van der Waals surface area contributed by atoms with E-state index in [9.17, 15) is 0 Å². The molecule has 1 heterocycles. The second-order valence-corrected chi connectivity index (χ2v) is 7.11. The maximum Gasteiger partial charge on any atom is 0.0884 e. The minimum Gasteiger partial charge on any atom is -0.282 e. The number of aliphatic imine (C=N–C) groups is 1. The second-order valence-electron chi connectivity index (χ2n) is 6.25. The van der Waals surface area contributed by atoms with Gasteiger partial charge in [0.05, 0.1) is 5.88 Å². The Bertz CT molecular complexity index is 912. The molecule has 0 atom stereocenters. The minimum atomic E-state index is 0.899. The topological polar surface area (TPSA) is 12.4 Å². The third-order valence-corrected chi connectivity index (χ3v) is 5.42. The standard InChI is InChI=1S/C18H16.C4H5NS/c1-3-7-15-13(5-1)9-11-18-16-8-4-2-6-14(16)10-12-17(15)18;1-2-5-4-6-3-1/h1,3,5,7,9-12H,2,4,6,8H2;1-3H,4H2. The van der Waals surface area contributed by atoms with Gasteiger partial charge in [0.25, 0.3) is 0 Å². The molecule has 5 rings (SSSR count). The summed E-state index contributed by atoms with van der Waals surface area (Å²) in [6.45, 7) is 0.